The minimum absolute atomic E-state index is 0.137. The molecule has 0 radical (unpaired) electrons. The number of carbonyl (C=O) groups is 4. The molecule has 0 aromatic rings. The maximum absolute atomic E-state index is 13.0. The minimum atomic E-state index is -1.28. The van der Waals surface area contributed by atoms with Gasteiger partial charge in [0, 0.05) is 12.8 Å². The number of amides is 4. The summed E-state index contributed by atoms with van der Waals surface area (Å²) in [5.41, 5.74) is 11.1. The Bertz CT molecular complexity index is 727. The van der Waals surface area contributed by atoms with Crippen molar-refractivity contribution in [3.63, 3.8) is 0 Å². The van der Waals surface area contributed by atoms with E-state index < -0.39 is 29.7 Å². The van der Waals surface area contributed by atoms with Crippen LogP contribution in [0.5, 0.6) is 0 Å². The first kappa shape index (κ1) is 45.2. The quantitative estimate of drug-likeness (QED) is 0.0653. The van der Waals surface area contributed by atoms with Crippen LogP contribution in [0.4, 0.5) is 0 Å². The topological polar surface area (TPSA) is 124 Å². The van der Waals surface area contributed by atoms with Crippen LogP contribution < -0.4 is 11.5 Å². The fourth-order valence-corrected chi connectivity index (χ4v) is 6.37. The SMILES string of the molecule is CCCCCCCCCCCCCCCCCC(=O)N(C(=O)CCCCCCCCCCCCCCCCC)C(=O)[C@@H](N)CC(N)=O. The molecular weight excluding hydrogens is 586 g/mol. The van der Waals surface area contributed by atoms with E-state index in [0.29, 0.717) is 12.8 Å². The zero-order chi connectivity index (χ0) is 34.8. The van der Waals surface area contributed by atoms with Gasteiger partial charge in [0.2, 0.25) is 17.7 Å². The molecule has 47 heavy (non-hydrogen) atoms. The van der Waals surface area contributed by atoms with Gasteiger partial charge < -0.3 is 11.5 Å². The lowest BCUT2D eigenvalue weighted by molar-refractivity contribution is -0.155. The average Bonchev–Trinajstić information content (AvgIpc) is 3.04. The van der Waals surface area contributed by atoms with Crippen LogP contribution in [0.2, 0.25) is 0 Å². The van der Waals surface area contributed by atoms with E-state index in [4.69, 9.17) is 11.5 Å². The molecule has 7 heteroatoms. The molecule has 0 saturated heterocycles. The molecule has 4 N–H and O–H groups in total. The Morgan fingerprint density at radius 3 is 0.894 bits per heavy atom. The Labute approximate surface area is 290 Å². The van der Waals surface area contributed by atoms with Crippen LogP contribution in [0, 0.1) is 0 Å². The number of carbonyl (C=O) groups excluding carboxylic acids is 4. The average molecular weight is 664 g/mol. The van der Waals surface area contributed by atoms with Crippen LogP contribution in [0.3, 0.4) is 0 Å². The molecule has 0 fully saturated rings. The van der Waals surface area contributed by atoms with Crippen LogP contribution in [0.25, 0.3) is 0 Å². The lowest BCUT2D eigenvalue weighted by Gasteiger charge is -2.22. The summed E-state index contributed by atoms with van der Waals surface area (Å²) in [5, 5.41) is 0. The van der Waals surface area contributed by atoms with Crippen molar-refractivity contribution >= 4 is 23.6 Å². The molecule has 0 bridgehead atoms. The van der Waals surface area contributed by atoms with Crippen molar-refractivity contribution in [2.75, 3.05) is 0 Å². The van der Waals surface area contributed by atoms with Crippen molar-refractivity contribution < 1.29 is 19.2 Å². The number of hydrogen-bond donors (Lipinski definition) is 2. The standard InChI is InChI=1S/C40H77N3O4/c1-3-5-7-9-11-13-15-17-19-21-23-25-27-29-31-33-38(45)43(40(47)36(41)35-37(42)44)39(46)34-32-30-28-26-24-22-20-18-16-14-12-10-8-6-4-2/h36H,3-35,41H2,1-2H3,(H2,42,44)/t36-/m0/s1. The Hall–Kier alpha value is -1.76. The minimum Gasteiger partial charge on any atom is -0.370 e. The van der Waals surface area contributed by atoms with Gasteiger partial charge in [0.05, 0.1) is 12.5 Å². The van der Waals surface area contributed by atoms with Gasteiger partial charge in [-0.05, 0) is 12.8 Å². The van der Waals surface area contributed by atoms with Gasteiger partial charge in [-0.3, -0.25) is 19.2 Å². The highest BCUT2D eigenvalue weighted by Gasteiger charge is 2.32. The molecule has 276 valence electrons. The van der Waals surface area contributed by atoms with Gasteiger partial charge in [0.25, 0.3) is 5.91 Å². The molecule has 0 rings (SSSR count). The molecule has 7 nitrogen and oxygen atoms in total. The lowest BCUT2D eigenvalue weighted by Crippen LogP contribution is -2.50. The van der Waals surface area contributed by atoms with Crippen LogP contribution in [0.1, 0.15) is 226 Å². The molecule has 0 aliphatic carbocycles. The third kappa shape index (κ3) is 28.9. The van der Waals surface area contributed by atoms with Gasteiger partial charge in [0.1, 0.15) is 0 Å². The Kier molecular flexibility index (Phi) is 32.8. The van der Waals surface area contributed by atoms with Gasteiger partial charge in [0.15, 0.2) is 0 Å². The Morgan fingerprint density at radius 2 is 0.660 bits per heavy atom. The monoisotopic (exact) mass is 664 g/mol. The molecule has 1 atom stereocenters. The molecule has 0 aromatic heterocycles. The highest BCUT2D eigenvalue weighted by Crippen LogP contribution is 2.17. The molecule has 0 spiro atoms. The zero-order valence-electron chi connectivity index (χ0n) is 31.1. The maximum atomic E-state index is 13.0. The molecule has 0 heterocycles. The first-order valence-electron chi connectivity index (χ1n) is 20.3. The van der Waals surface area contributed by atoms with E-state index >= 15 is 0 Å². The normalized spacial score (nSPS) is 11.9. The van der Waals surface area contributed by atoms with Gasteiger partial charge in [-0.15, -0.1) is 0 Å². The number of primary amides is 1. The van der Waals surface area contributed by atoms with E-state index in [1.807, 2.05) is 0 Å². The van der Waals surface area contributed by atoms with Crippen molar-refractivity contribution in [2.45, 2.75) is 232 Å². The number of nitrogens with two attached hydrogens (primary N) is 2. The molecule has 0 saturated carbocycles. The predicted molar refractivity (Wildman–Crippen MR) is 198 cm³/mol. The summed E-state index contributed by atoms with van der Waals surface area (Å²) in [6.45, 7) is 4.52. The van der Waals surface area contributed by atoms with Crippen molar-refractivity contribution in [2.24, 2.45) is 11.5 Å². The molecule has 0 aliphatic heterocycles. The molecule has 0 aromatic carbocycles. The summed E-state index contributed by atoms with van der Waals surface area (Å²) >= 11 is 0. The van der Waals surface area contributed by atoms with Crippen molar-refractivity contribution in [3.05, 3.63) is 0 Å². The first-order chi connectivity index (χ1) is 22.8. The summed E-state index contributed by atoms with van der Waals surface area (Å²) in [4.78, 5) is 51.0. The predicted octanol–water partition coefficient (Wildman–Crippen LogP) is 10.6. The zero-order valence-corrected chi connectivity index (χ0v) is 31.1. The Balaban J connectivity index is 4.18. The smallest absolute Gasteiger partial charge is 0.253 e. The van der Waals surface area contributed by atoms with Crippen LogP contribution >= 0.6 is 0 Å². The number of hydrogen-bond acceptors (Lipinski definition) is 5. The second kappa shape index (κ2) is 34.1. The number of nitrogens with zero attached hydrogens (tertiary/aromatic N) is 1. The van der Waals surface area contributed by atoms with Crippen molar-refractivity contribution in [3.8, 4) is 0 Å². The summed E-state index contributed by atoms with van der Waals surface area (Å²) < 4.78 is 0. The highest BCUT2D eigenvalue weighted by molar-refractivity contribution is 6.12. The second-order valence-electron chi connectivity index (χ2n) is 14.1. The van der Waals surface area contributed by atoms with Crippen molar-refractivity contribution in [1.82, 2.24) is 4.90 Å². The lowest BCUT2D eigenvalue weighted by atomic mass is 10.0. The van der Waals surface area contributed by atoms with Crippen molar-refractivity contribution in [1.29, 1.82) is 0 Å². The number of imide groups is 3. The Morgan fingerprint density at radius 1 is 0.426 bits per heavy atom. The third-order valence-corrected chi connectivity index (χ3v) is 9.45. The fraction of sp³-hybridized carbons (Fsp3) is 0.900. The summed E-state index contributed by atoms with van der Waals surface area (Å²) in [5.74, 6) is -2.54. The van der Waals surface area contributed by atoms with E-state index in [9.17, 15) is 19.2 Å². The highest BCUT2D eigenvalue weighted by atomic mass is 16.2. The van der Waals surface area contributed by atoms with E-state index in [2.05, 4.69) is 13.8 Å². The van der Waals surface area contributed by atoms with Gasteiger partial charge in [-0.1, -0.05) is 194 Å². The van der Waals surface area contributed by atoms with E-state index in [-0.39, 0.29) is 19.3 Å². The van der Waals surface area contributed by atoms with Gasteiger partial charge >= 0.3 is 0 Å². The largest absolute Gasteiger partial charge is 0.370 e. The van der Waals surface area contributed by atoms with Gasteiger partial charge in [-0.25, -0.2) is 4.90 Å². The van der Waals surface area contributed by atoms with E-state index in [1.165, 1.54) is 141 Å². The first-order valence-corrected chi connectivity index (χ1v) is 20.3. The summed E-state index contributed by atoms with van der Waals surface area (Å²) in [7, 11) is 0. The fourth-order valence-electron chi connectivity index (χ4n) is 6.37. The molecular formula is C40H77N3O4. The van der Waals surface area contributed by atoms with E-state index in [1.54, 1.807) is 0 Å². The molecule has 4 amide bonds. The summed E-state index contributed by atoms with van der Waals surface area (Å²) in [6, 6.07) is -1.28. The molecule has 0 aliphatic rings. The van der Waals surface area contributed by atoms with E-state index in [0.717, 1.165) is 43.4 Å². The van der Waals surface area contributed by atoms with Crippen LogP contribution in [0.15, 0.2) is 0 Å². The number of rotatable bonds is 35. The summed E-state index contributed by atoms with van der Waals surface area (Å²) in [6.07, 6.45) is 36.7. The van der Waals surface area contributed by atoms with Crippen LogP contribution in [-0.2, 0) is 19.2 Å². The molecule has 0 unspecified atom stereocenters. The van der Waals surface area contributed by atoms with Gasteiger partial charge in [-0.2, -0.15) is 0 Å². The van der Waals surface area contributed by atoms with Crippen LogP contribution in [-0.4, -0.2) is 34.6 Å². The maximum Gasteiger partial charge on any atom is 0.253 e. The number of unbranched alkanes of at least 4 members (excludes halogenated alkanes) is 28. The third-order valence-electron chi connectivity index (χ3n) is 9.45. The second-order valence-corrected chi connectivity index (χ2v) is 14.1.